The number of aromatic amines is 1. The highest BCUT2D eigenvalue weighted by Crippen LogP contribution is 2.13. The number of para-hydroxylation sites is 2. The van der Waals surface area contributed by atoms with Gasteiger partial charge in [-0.15, -0.1) is 0 Å². The molecular weight excluding hydrogens is 304 g/mol. The summed E-state index contributed by atoms with van der Waals surface area (Å²) < 4.78 is 5.54. The molecule has 130 valence electrons. The van der Waals surface area contributed by atoms with Gasteiger partial charge in [0, 0.05) is 26.2 Å². The van der Waals surface area contributed by atoms with E-state index >= 15 is 0 Å². The second-order valence-electron chi connectivity index (χ2n) is 6.39. The molecule has 2 aromatic rings. The maximum atomic E-state index is 12.2. The van der Waals surface area contributed by atoms with Crippen molar-refractivity contribution in [3.8, 4) is 0 Å². The molecule has 0 unspecified atom stereocenters. The molecule has 1 atom stereocenters. The lowest BCUT2D eigenvalue weighted by Crippen LogP contribution is -2.49. The average Bonchev–Trinajstić information content (AvgIpc) is 3.02. The average molecular weight is 330 g/mol. The Balaban J connectivity index is 1.47. The molecule has 0 saturated carbocycles. The third-order valence-electron chi connectivity index (χ3n) is 4.60. The highest BCUT2D eigenvalue weighted by atomic mass is 16.5. The highest BCUT2D eigenvalue weighted by molar-refractivity contribution is 5.77. The Labute approximate surface area is 142 Å². The van der Waals surface area contributed by atoms with E-state index in [1.807, 2.05) is 36.1 Å². The molecule has 0 aliphatic carbocycles. The molecule has 0 spiro atoms. The van der Waals surface area contributed by atoms with Crippen LogP contribution in [0.4, 0.5) is 0 Å². The molecule has 1 aliphatic rings. The Bertz CT molecular complexity index is 643. The largest absolute Gasteiger partial charge is 0.369 e. The first-order valence-electron chi connectivity index (χ1n) is 8.71. The van der Waals surface area contributed by atoms with Crippen LogP contribution in [0.25, 0.3) is 11.0 Å². The number of carbonyl (C=O) groups is 1. The predicted molar refractivity (Wildman–Crippen MR) is 93.7 cm³/mol. The number of nitrogens with zero attached hydrogens (tertiary/aromatic N) is 3. The molecular formula is C18H26N4O2. The van der Waals surface area contributed by atoms with Crippen LogP contribution >= 0.6 is 0 Å². The van der Waals surface area contributed by atoms with Crippen molar-refractivity contribution in [1.82, 2.24) is 19.8 Å². The standard InChI is InChI=1S/C18H26N4O2/c1-3-14(2)24-13-18(23)22-10-8-21(9-11-22)12-17-19-15-6-4-5-7-16(15)20-17/h4-7,14H,3,8-13H2,1-2H3,(H,19,20)/t14-/m1/s1. The van der Waals surface area contributed by atoms with Crippen LogP contribution in [-0.2, 0) is 16.1 Å². The van der Waals surface area contributed by atoms with Crippen molar-refractivity contribution >= 4 is 16.9 Å². The quantitative estimate of drug-likeness (QED) is 0.880. The van der Waals surface area contributed by atoms with Crippen LogP contribution in [0.3, 0.4) is 0 Å². The van der Waals surface area contributed by atoms with Crippen molar-refractivity contribution in [1.29, 1.82) is 0 Å². The topological polar surface area (TPSA) is 61.5 Å². The van der Waals surface area contributed by atoms with Crippen molar-refractivity contribution < 1.29 is 9.53 Å². The third kappa shape index (κ3) is 4.13. The minimum atomic E-state index is 0.0960. The number of imidazole rings is 1. The number of H-pyrrole nitrogens is 1. The fraction of sp³-hybridized carbons (Fsp3) is 0.556. The van der Waals surface area contributed by atoms with E-state index in [2.05, 4.69) is 21.8 Å². The summed E-state index contributed by atoms with van der Waals surface area (Å²) in [5, 5.41) is 0. The molecule has 1 N–H and O–H groups in total. The van der Waals surface area contributed by atoms with Gasteiger partial charge in [-0.25, -0.2) is 4.98 Å². The zero-order chi connectivity index (χ0) is 16.9. The molecule has 0 radical (unpaired) electrons. The van der Waals surface area contributed by atoms with E-state index in [9.17, 15) is 4.79 Å². The third-order valence-corrected chi connectivity index (χ3v) is 4.60. The van der Waals surface area contributed by atoms with E-state index in [0.717, 1.165) is 56.0 Å². The zero-order valence-corrected chi connectivity index (χ0v) is 14.5. The lowest BCUT2D eigenvalue weighted by molar-refractivity contribution is -0.139. The van der Waals surface area contributed by atoms with Gasteiger partial charge < -0.3 is 14.6 Å². The molecule has 1 aliphatic heterocycles. The van der Waals surface area contributed by atoms with Gasteiger partial charge in [-0.2, -0.15) is 0 Å². The first kappa shape index (κ1) is 16.9. The fourth-order valence-corrected chi connectivity index (χ4v) is 2.87. The van der Waals surface area contributed by atoms with Gasteiger partial charge >= 0.3 is 0 Å². The minimum Gasteiger partial charge on any atom is -0.369 e. The zero-order valence-electron chi connectivity index (χ0n) is 14.5. The first-order valence-corrected chi connectivity index (χ1v) is 8.71. The van der Waals surface area contributed by atoms with Crippen molar-refractivity contribution in [2.45, 2.75) is 32.9 Å². The van der Waals surface area contributed by atoms with Gasteiger partial charge in [-0.3, -0.25) is 9.69 Å². The monoisotopic (exact) mass is 330 g/mol. The molecule has 0 bridgehead atoms. The SMILES string of the molecule is CC[C@@H](C)OCC(=O)N1CCN(Cc2nc3ccccc3[nH]2)CC1. The van der Waals surface area contributed by atoms with Crippen LogP contribution in [-0.4, -0.2) is 64.6 Å². The van der Waals surface area contributed by atoms with Gasteiger partial charge in [0.2, 0.25) is 5.91 Å². The van der Waals surface area contributed by atoms with E-state index in [4.69, 9.17) is 4.74 Å². The van der Waals surface area contributed by atoms with Gasteiger partial charge in [-0.1, -0.05) is 19.1 Å². The highest BCUT2D eigenvalue weighted by Gasteiger charge is 2.22. The molecule has 1 amide bonds. The van der Waals surface area contributed by atoms with Gasteiger partial charge in [0.15, 0.2) is 0 Å². The van der Waals surface area contributed by atoms with Crippen LogP contribution in [0.1, 0.15) is 26.1 Å². The smallest absolute Gasteiger partial charge is 0.248 e. The second-order valence-corrected chi connectivity index (χ2v) is 6.39. The molecule has 6 heteroatoms. The minimum absolute atomic E-state index is 0.0960. The molecule has 2 heterocycles. The van der Waals surface area contributed by atoms with Crippen LogP contribution in [0, 0.1) is 0 Å². The maximum absolute atomic E-state index is 12.2. The number of hydrogen-bond acceptors (Lipinski definition) is 4. The lowest BCUT2D eigenvalue weighted by Gasteiger charge is -2.34. The number of fused-ring (bicyclic) bond motifs is 1. The number of piperazine rings is 1. The number of rotatable bonds is 6. The van der Waals surface area contributed by atoms with Crippen molar-refractivity contribution in [3.63, 3.8) is 0 Å². The molecule has 1 aromatic carbocycles. The number of aromatic nitrogens is 2. The number of amides is 1. The summed E-state index contributed by atoms with van der Waals surface area (Å²) >= 11 is 0. The summed E-state index contributed by atoms with van der Waals surface area (Å²) in [7, 11) is 0. The summed E-state index contributed by atoms with van der Waals surface area (Å²) in [4.78, 5) is 24.4. The van der Waals surface area contributed by atoms with E-state index in [0.29, 0.717) is 0 Å². The van der Waals surface area contributed by atoms with Crippen LogP contribution in [0.5, 0.6) is 0 Å². The van der Waals surface area contributed by atoms with Crippen LogP contribution in [0.2, 0.25) is 0 Å². The Hall–Kier alpha value is -1.92. The van der Waals surface area contributed by atoms with Gasteiger partial charge in [0.1, 0.15) is 12.4 Å². The predicted octanol–water partition coefficient (Wildman–Crippen LogP) is 2.02. The summed E-state index contributed by atoms with van der Waals surface area (Å²) in [6, 6.07) is 8.07. The Morgan fingerprint density at radius 3 is 2.75 bits per heavy atom. The summed E-state index contributed by atoms with van der Waals surface area (Å²) in [5.74, 6) is 1.08. The summed E-state index contributed by atoms with van der Waals surface area (Å²) in [5.41, 5.74) is 2.08. The van der Waals surface area contributed by atoms with Gasteiger partial charge in [-0.05, 0) is 25.5 Å². The summed E-state index contributed by atoms with van der Waals surface area (Å²) in [6.07, 6.45) is 1.07. The number of carbonyl (C=O) groups excluding carboxylic acids is 1. The number of benzene rings is 1. The molecule has 3 rings (SSSR count). The van der Waals surface area contributed by atoms with Crippen molar-refractivity contribution in [2.24, 2.45) is 0 Å². The molecule has 1 aromatic heterocycles. The number of hydrogen-bond donors (Lipinski definition) is 1. The van der Waals surface area contributed by atoms with Crippen LogP contribution in [0.15, 0.2) is 24.3 Å². The summed E-state index contributed by atoms with van der Waals surface area (Å²) in [6.45, 7) is 8.29. The lowest BCUT2D eigenvalue weighted by atomic mass is 10.3. The Morgan fingerprint density at radius 1 is 1.29 bits per heavy atom. The van der Waals surface area contributed by atoms with Gasteiger partial charge in [0.25, 0.3) is 0 Å². The molecule has 6 nitrogen and oxygen atoms in total. The normalized spacial score (nSPS) is 17.3. The maximum Gasteiger partial charge on any atom is 0.248 e. The van der Waals surface area contributed by atoms with E-state index in [1.54, 1.807) is 0 Å². The Kier molecular flexibility index (Phi) is 5.48. The van der Waals surface area contributed by atoms with Crippen molar-refractivity contribution in [2.75, 3.05) is 32.8 Å². The first-order chi connectivity index (χ1) is 11.7. The molecule has 1 fully saturated rings. The molecule has 1 saturated heterocycles. The van der Waals surface area contributed by atoms with Gasteiger partial charge in [0.05, 0.1) is 23.7 Å². The van der Waals surface area contributed by atoms with E-state index < -0.39 is 0 Å². The van der Waals surface area contributed by atoms with E-state index in [1.165, 1.54) is 0 Å². The van der Waals surface area contributed by atoms with Crippen molar-refractivity contribution in [3.05, 3.63) is 30.1 Å². The second kappa shape index (κ2) is 7.77. The Morgan fingerprint density at radius 2 is 2.04 bits per heavy atom. The molecule has 24 heavy (non-hydrogen) atoms. The number of nitrogens with one attached hydrogen (secondary N) is 1. The van der Waals surface area contributed by atoms with E-state index in [-0.39, 0.29) is 18.6 Å². The fourth-order valence-electron chi connectivity index (χ4n) is 2.87. The van der Waals surface area contributed by atoms with Crippen LogP contribution < -0.4 is 0 Å². The number of ether oxygens (including phenoxy) is 1.